The van der Waals surface area contributed by atoms with Crippen molar-refractivity contribution in [3.8, 4) is 0 Å². The van der Waals surface area contributed by atoms with Gasteiger partial charge in [0.1, 0.15) is 17.3 Å². The fourth-order valence-electron chi connectivity index (χ4n) is 1.21. The average Bonchev–Trinajstić information content (AvgIpc) is 2.19. The minimum absolute atomic E-state index is 0.784. The number of rotatable bonds is 4. The third-order valence-corrected chi connectivity index (χ3v) is 2.14. The van der Waals surface area contributed by atoms with Gasteiger partial charge in [-0.15, -0.1) is 0 Å². The lowest BCUT2D eigenvalue weighted by atomic mass is 10.1. The van der Waals surface area contributed by atoms with Gasteiger partial charge in [0.15, 0.2) is 5.92 Å². The second-order valence-electron chi connectivity index (χ2n) is 3.41. The topological polar surface area (TPSA) is 49.3 Å². The van der Waals surface area contributed by atoms with Gasteiger partial charge in [-0.1, -0.05) is 6.07 Å². The molecule has 1 unspecified atom stereocenters. The summed E-state index contributed by atoms with van der Waals surface area (Å²) in [7, 11) is 0. The monoisotopic (exact) mass is 269 g/mol. The van der Waals surface area contributed by atoms with Gasteiger partial charge in [-0.25, -0.2) is 8.78 Å². The van der Waals surface area contributed by atoms with Crippen molar-refractivity contribution in [1.82, 2.24) is 0 Å². The molecule has 1 atom stereocenters. The van der Waals surface area contributed by atoms with Gasteiger partial charge >= 0.3 is 12.1 Å². The van der Waals surface area contributed by atoms with E-state index in [4.69, 9.17) is 5.11 Å². The molecule has 0 aliphatic rings. The second kappa shape index (κ2) is 5.19. The van der Waals surface area contributed by atoms with Crippen LogP contribution in [0.25, 0.3) is 0 Å². The molecule has 0 spiro atoms. The molecule has 0 heterocycles. The number of carbonyl (C=O) groups is 1. The zero-order chi connectivity index (χ0) is 13.9. The van der Waals surface area contributed by atoms with E-state index in [1.807, 2.05) is 5.32 Å². The van der Waals surface area contributed by atoms with E-state index in [1.54, 1.807) is 0 Å². The average molecular weight is 269 g/mol. The first-order valence-electron chi connectivity index (χ1n) is 4.71. The molecule has 0 fully saturated rings. The van der Waals surface area contributed by atoms with Crippen LogP contribution in [0.15, 0.2) is 18.2 Å². The van der Waals surface area contributed by atoms with Crippen molar-refractivity contribution in [2.45, 2.75) is 6.18 Å². The Hall–Kier alpha value is -1.86. The van der Waals surface area contributed by atoms with Gasteiger partial charge in [-0.3, -0.25) is 4.79 Å². The maximum atomic E-state index is 13.1. The Kier molecular flexibility index (Phi) is 4.10. The number of aliphatic carboxylic acids is 1. The molecule has 1 aromatic carbocycles. The van der Waals surface area contributed by atoms with Gasteiger partial charge < -0.3 is 10.4 Å². The highest BCUT2D eigenvalue weighted by molar-refractivity contribution is 5.71. The number of para-hydroxylation sites is 1. The van der Waals surface area contributed by atoms with Crippen LogP contribution in [0.2, 0.25) is 0 Å². The Balaban J connectivity index is 2.83. The first kappa shape index (κ1) is 14.2. The van der Waals surface area contributed by atoms with Crippen molar-refractivity contribution in [3.63, 3.8) is 0 Å². The van der Waals surface area contributed by atoms with Crippen molar-refractivity contribution in [2.24, 2.45) is 5.92 Å². The number of nitrogens with one attached hydrogen (secondary N) is 1. The third kappa shape index (κ3) is 3.31. The van der Waals surface area contributed by atoms with Crippen molar-refractivity contribution in [1.29, 1.82) is 0 Å². The molecule has 0 radical (unpaired) electrons. The number of alkyl halides is 3. The van der Waals surface area contributed by atoms with E-state index in [1.165, 1.54) is 0 Å². The molecule has 3 nitrogen and oxygen atoms in total. The first-order chi connectivity index (χ1) is 8.23. The minimum atomic E-state index is -5.00. The van der Waals surface area contributed by atoms with Gasteiger partial charge in [0.05, 0.1) is 0 Å². The van der Waals surface area contributed by atoms with Gasteiger partial charge in [-0.2, -0.15) is 13.2 Å². The summed E-state index contributed by atoms with van der Waals surface area (Å²) in [4.78, 5) is 10.4. The smallest absolute Gasteiger partial charge is 0.403 e. The second-order valence-corrected chi connectivity index (χ2v) is 3.41. The summed E-state index contributed by atoms with van der Waals surface area (Å²) in [6, 6.07) is 2.72. The van der Waals surface area contributed by atoms with E-state index in [9.17, 15) is 26.7 Å². The predicted octanol–water partition coefficient (Wildman–Crippen LogP) is 2.64. The standard InChI is InChI=1S/C10H8F5NO2/c11-6-2-1-3-7(12)8(6)16-4-5(9(17)18)10(13,14)15/h1-3,5,16H,4H2,(H,17,18). The van der Waals surface area contributed by atoms with Crippen LogP contribution in [-0.2, 0) is 4.79 Å². The van der Waals surface area contributed by atoms with Gasteiger partial charge in [-0.05, 0) is 12.1 Å². The molecular weight excluding hydrogens is 261 g/mol. The molecule has 100 valence electrons. The highest BCUT2D eigenvalue weighted by Gasteiger charge is 2.45. The number of carboxylic acid groups (broad SMARTS) is 1. The predicted molar refractivity (Wildman–Crippen MR) is 52.0 cm³/mol. The molecule has 0 saturated carbocycles. The van der Waals surface area contributed by atoms with Crippen LogP contribution in [0.5, 0.6) is 0 Å². The van der Waals surface area contributed by atoms with Gasteiger partial charge in [0.25, 0.3) is 0 Å². The van der Waals surface area contributed by atoms with Gasteiger partial charge in [0, 0.05) is 6.54 Å². The maximum Gasteiger partial charge on any atom is 0.403 e. The molecule has 8 heteroatoms. The Morgan fingerprint density at radius 2 is 1.78 bits per heavy atom. The molecule has 0 saturated heterocycles. The lowest BCUT2D eigenvalue weighted by Crippen LogP contribution is -2.36. The number of anilines is 1. The zero-order valence-corrected chi connectivity index (χ0v) is 8.76. The van der Waals surface area contributed by atoms with Crippen molar-refractivity contribution >= 4 is 11.7 Å². The number of halogens is 5. The zero-order valence-electron chi connectivity index (χ0n) is 8.76. The maximum absolute atomic E-state index is 13.1. The Morgan fingerprint density at radius 3 is 2.17 bits per heavy atom. The molecule has 2 N–H and O–H groups in total. The molecule has 0 bridgehead atoms. The molecule has 1 rings (SSSR count). The molecule has 0 aromatic heterocycles. The summed E-state index contributed by atoms with van der Waals surface area (Å²) >= 11 is 0. The lowest BCUT2D eigenvalue weighted by molar-refractivity contribution is -0.190. The quantitative estimate of drug-likeness (QED) is 0.826. The lowest BCUT2D eigenvalue weighted by Gasteiger charge is -2.17. The number of carboxylic acids is 1. The SMILES string of the molecule is O=C(O)C(CNc1c(F)cccc1F)C(F)(F)F. The molecule has 0 amide bonds. The fourth-order valence-corrected chi connectivity index (χ4v) is 1.21. The van der Waals surface area contributed by atoms with E-state index in [-0.39, 0.29) is 0 Å². The van der Waals surface area contributed by atoms with Crippen molar-refractivity contribution in [2.75, 3.05) is 11.9 Å². The van der Waals surface area contributed by atoms with Crippen LogP contribution in [0.3, 0.4) is 0 Å². The summed E-state index contributed by atoms with van der Waals surface area (Å²) in [5.41, 5.74) is -0.784. The highest BCUT2D eigenvalue weighted by Crippen LogP contribution is 2.27. The fraction of sp³-hybridized carbons (Fsp3) is 0.300. The summed E-state index contributed by atoms with van der Waals surface area (Å²) in [5, 5.41) is 10.2. The first-order valence-corrected chi connectivity index (χ1v) is 4.71. The number of hydrogen-bond acceptors (Lipinski definition) is 2. The number of hydrogen-bond donors (Lipinski definition) is 2. The van der Waals surface area contributed by atoms with Crippen LogP contribution in [0.1, 0.15) is 0 Å². The van der Waals surface area contributed by atoms with Crippen molar-refractivity contribution in [3.05, 3.63) is 29.8 Å². The van der Waals surface area contributed by atoms with Crippen molar-refractivity contribution < 1.29 is 31.9 Å². The molecule has 0 aliphatic heterocycles. The Labute approximate surface area is 98.2 Å². The third-order valence-electron chi connectivity index (χ3n) is 2.14. The molecule has 1 aromatic rings. The van der Waals surface area contributed by atoms with E-state index in [0.29, 0.717) is 0 Å². The van der Waals surface area contributed by atoms with Crippen LogP contribution >= 0.6 is 0 Å². The van der Waals surface area contributed by atoms with Crippen LogP contribution in [-0.4, -0.2) is 23.8 Å². The van der Waals surface area contributed by atoms with E-state index in [2.05, 4.69) is 0 Å². The summed E-state index contributed by atoms with van der Waals surface area (Å²) < 4.78 is 62.9. The minimum Gasteiger partial charge on any atom is -0.481 e. The highest BCUT2D eigenvalue weighted by atomic mass is 19.4. The Bertz CT molecular complexity index is 426. The van der Waals surface area contributed by atoms with E-state index >= 15 is 0 Å². The normalized spacial score (nSPS) is 13.2. The van der Waals surface area contributed by atoms with Crippen LogP contribution in [0, 0.1) is 17.6 Å². The van der Waals surface area contributed by atoms with Crippen LogP contribution in [0.4, 0.5) is 27.6 Å². The van der Waals surface area contributed by atoms with E-state index < -0.39 is 41.9 Å². The molecular formula is C10H8F5NO2. The van der Waals surface area contributed by atoms with Gasteiger partial charge in [0.2, 0.25) is 0 Å². The summed E-state index contributed by atoms with van der Waals surface area (Å²) in [5.74, 6) is -7.05. The van der Waals surface area contributed by atoms with E-state index in [0.717, 1.165) is 18.2 Å². The largest absolute Gasteiger partial charge is 0.481 e. The molecule has 0 aliphatic carbocycles. The number of benzene rings is 1. The Morgan fingerprint density at radius 1 is 1.28 bits per heavy atom. The summed E-state index contributed by atoms with van der Waals surface area (Å²) in [6.07, 6.45) is -5.00. The summed E-state index contributed by atoms with van der Waals surface area (Å²) in [6.45, 7) is -1.16. The van der Waals surface area contributed by atoms with Crippen LogP contribution < -0.4 is 5.32 Å². The molecule has 18 heavy (non-hydrogen) atoms.